The summed E-state index contributed by atoms with van der Waals surface area (Å²) in [5.74, 6) is 0.0297. The van der Waals surface area contributed by atoms with Crippen molar-refractivity contribution in [2.75, 3.05) is 0 Å². The van der Waals surface area contributed by atoms with Crippen LogP contribution in [0.4, 0.5) is 0 Å². The molecule has 0 aliphatic rings. The van der Waals surface area contributed by atoms with Crippen LogP contribution in [0.2, 0.25) is 0 Å². The number of carbonyl (C=O) groups is 1. The maximum absolute atomic E-state index is 11.8. The van der Waals surface area contributed by atoms with Gasteiger partial charge in [0.1, 0.15) is 0 Å². The summed E-state index contributed by atoms with van der Waals surface area (Å²) >= 11 is 1.63. The summed E-state index contributed by atoms with van der Waals surface area (Å²) < 4.78 is 0. The molecule has 0 bridgehead atoms. The molecule has 0 radical (unpaired) electrons. The normalized spacial score (nSPS) is 10.3. The molecular formula is C14H16N2OS. The van der Waals surface area contributed by atoms with Crippen LogP contribution in [0.15, 0.2) is 41.1 Å². The minimum absolute atomic E-state index is 0.0297. The number of nitrogens with two attached hydrogens (primary N) is 1. The topological polar surface area (TPSA) is 55.1 Å². The van der Waals surface area contributed by atoms with Gasteiger partial charge in [-0.3, -0.25) is 4.79 Å². The fraction of sp³-hybridized carbons (Fsp3) is 0.214. The zero-order valence-corrected chi connectivity index (χ0v) is 10.9. The number of nitrogens with one attached hydrogen (secondary N) is 1. The lowest BCUT2D eigenvalue weighted by molar-refractivity contribution is -0.120. The predicted octanol–water partition coefficient (Wildman–Crippen LogP) is 2.07. The molecule has 0 spiro atoms. The van der Waals surface area contributed by atoms with E-state index >= 15 is 0 Å². The van der Waals surface area contributed by atoms with E-state index in [0.717, 1.165) is 16.7 Å². The Morgan fingerprint density at radius 2 is 2.00 bits per heavy atom. The van der Waals surface area contributed by atoms with Crippen molar-refractivity contribution in [3.05, 3.63) is 57.8 Å². The fourth-order valence-corrected chi connectivity index (χ4v) is 2.43. The average molecular weight is 260 g/mol. The molecule has 1 aromatic heterocycles. The monoisotopic (exact) mass is 260 g/mol. The molecule has 0 aliphatic heterocycles. The van der Waals surface area contributed by atoms with Gasteiger partial charge < -0.3 is 11.1 Å². The maximum Gasteiger partial charge on any atom is 0.224 e. The Labute approximate surface area is 111 Å². The predicted molar refractivity (Wildman–Crippen MR) is 74.2 cm³/mol. The maximum atomic E-state index is 11.8. The lowest BCUT2D eigenvalue weighted by Crippen LogP contribution is -2.25. The average Bonchev–Trinajstić information content (AvgIpc) is 2.90. The van der Waals surface area contributed by atoms with E-state index in [1.165, 1.54) is 0 Å². The molecule has 3 nitrogen and oxygen atoms in total. The lowest BCUT2D eigenvalue weighted by atomic mass is 10.0. The molecule has 0 fully saturated rings. The van der Waals surface area contributed by atoms with Gasteiger partial charge >= 0.3 is 0 Å². The summed E-state index contributed by atoms with van der Waals surface area (Å²) in [6.07, 6.45) is 0.386. The van der Waals surface area contributed by atoms with Crippen LogP contribution in [0.5, 0.6) is 0 Å². The van der Waals surface area contributed by atoms with Crippen LogP contribution in [0, 0.1) is 0 Å². The molecule has 3 N–H and O–H groups in total. The SMILES string of the molecule is NCc1ccccc1CC(=O)NCc1ccsc1. The quantitative estimate of drug-likeness (QED) is 0.864. The van der Waals surface area contributed by atoms with Crippen LogP contribution in [-0.4, -0.2) is 5.91 Å². The molecular weight excluding hydrogens is 244 g/mol. The number of benzene rings is 1. The molecule has 2 aromatic rings. The van der Waals surface area contributed by atoms with Gasteiger partial charge in [0.05, 0.1) is 6.42 Å². The van der Waals surface area contributed by atoms with Crippen molar-refractivity contribution >= 4 is 17.2 Å². The van der Waals surface area contributed by atoms with E-state index in [1.54, 1.807) is 11.3 Å². The highest BCUT2D eigenvalue weighted by Gasteiger charge is 2.06. The van der Waals surface area contributed by atoms with Crippen molar-refractivity contribution in [2.24, 2.45) is 5.73 Å². The van der Waals surface area contributed by atoms with Crippen molar-refractivity contribution in [1.29, 1.82) is 0 Å². The Bertz CT molecular complexity index is 508. The lowest BCUT2D eigenvalue weighted by Gasteiger charge is -2.08. The Hall–Kier alpha value is -1.65. The van der Waals surface area contributed by atoms with Crippen molar-refractivity contribution in [2.45, 2.75) is 19.5 Å². The highest BCUT2D eigenvalue weighted by Crippen LogP contribution is 2.09. The zero-order valence-electron chi connectivity index (χ0n) is 10.1. The van der Waals surface area contributed by atoms with Gasteiger partial charge in [0.25, 0.3) is 0 Å². The van der Waals surface area contributed by atoms with E-state index in [9.17, 15) is 4.79 Å². The molecule has 0 aliphatic carbocycles. The molecule has 1 heterocycles. The first-order valence-electron chi connectivity index (χ1n) is 5.84. The molecule has 1 amide bonds. The van der Waals surface area contributed by atoms with Gasteiger partial charge in [-0.15, -0.1) is 0 Å². The highest BCUT2D eigenvalue weighted by molar-refractivity contribution is 7.07. The Kier molecular flexibility index (Phi) is 4.50. The number of carbonyl (C=O) groups excluding carboxylic acids is 1. The summed E-state index contributed by atoms with van der Waals surface area (Å²) in [6.45, 7) is 1.06. The van der Waals surface area contributed by atoms with Gasteiger partial charge in [0.2, 0.25) is 5.91 Å². The third kappa shape index (κ3) is 3.42. The summed E-state index contributed by atoms with van der Waals surface area (Å²) in [6, 6.07) is 9.79. The number of hydrogen-bond donors (Lipinski definition) is 2. The number of hydrogen-bond acceptors (Lipinski definition) is 3. The summed E-state index contributed by atoms with van der Waals surface area (Å²) in [4.78, 5) is 11.8. The van der Waals surface area contributed by atoms with Crippen molar-refractivity contribution in [1.82, 2.24) is 5.32 Å². The molecule has 2 rings (SSSR count). The molecule has 0 saturated carbocycles. The van der Waals surface area contributed by atoms with Gasteiger partial charge in [-0.05, 0) is 33.5 Å². The van der Waals surface area contributed by atoms with Gasteiger partial charge in [-0.1, -0.05) is 24.3 Å². The second kappa shape index (κ2) is 6.33. The van der Waals surface area contributed by atoms with E-state index < -0.39 is 0 Å². The Morgan fingerprint density at radius 1 is 1.22 bits per heavy atom. The number of rotatable bonds is 5. The number of amides is 1. The van der Waals surface area contributed by atoms with Crippen LogP contribution in [-0.2, 0) is 24.3 Å². The van der Waals surface area contributed by atoms with Crippen molar-refractivity contribution < 1.29 is 4.79 Å². The molecule has 4 heteroatoms. The number of thiophene rings is 1. The molecule has 0 unspecified atom stereocenters. The molecule has 0 atom stereocenters. The van der Waals surface area contributed by atoms with Gasteiger partial charge in [0.15, 0.2) is 0 Å². The van der Waals surface area contributed by atoms with Crippen LogP contribution in [0.3, 0.4) is 0 Å². The highest BCUT2D eigenvalue weighted by atomic mass is 32.1. The molecule has 1 aromatic carbocycles. The van der Waals surface area contributed by atoms with E-state index in [4.69, 9.17) is 5.73 Å². The van der Waals surface area contributed by atoms with Crippen LogP contribution in [0.25, 0.3) is 0 Å². The van der Waals surface area contributed by atoms with E-state index in [1.807, 2.05) is 41.1 Å². The van der Waals surface area contributed by atoms with Gasteiger partial charge in [-0.25, -0.2) is 0 Å². The Balaban J connectivity index is 1.90. The Morgan fingerprint density at radius 3 is 2.67 bits per heavy atom. The molecule has 0 saturated heterocycles. The van der Waals surface area contributed by atoms with Crippen molar-refractivity contribution in [3.63, 3.8) is 0 Å². The standard InChI is InChI=1S/C14H16N2OS/c15-8-13-4-2-1-3-12(13)7-14(17)16-9-11-5-6-18-10-11/h1-6,10H,7-9,15H2,(H,16,17). The minimum Gasteiger partial charge on any atom is -0.352 e. The second-order valence-corrected chi connectivity index (χ2v) is 4.84. The largest absolute Gasteiger partial charge is 0.352 e. The third-order valence-electron chi connectivity index (χ3n) is 2.76. The molecule has 18 heavy (non-hydrogen) atoms. The third-order valence-corrected chi connectivity index (χ3v) is 3.49. The zero-order chi connectivity index (χ0) is 12.8. The smallest absolute Gasteiger partial charge is 0.224 e. The van der Waals surface area contributed by atoms with Gasteiger partial charge in [-0.2, -0.15) is 11.3 Å². The van der Waals surface area contributed by atoms with E-state index in [0.29, 0.717) is 19.5 Å². The van der Waals surface area contributed by atoms with E-state index in [2.05, 4.69) is 5.32 Å². The fourth-order valence-electron chi connectivity index (χ4n) is 1.76. The van der Waals surface area contributed by atoms with Crippen LogP contribution < -0.4 is 11.1 Å². The summed E-state index contributed by atoms with van der Waals surface area (Å²) in [5, 5.41) is 6.95. The summed E-state index contributed by atoms with van der Waals surface area (Å²) in [5.41, 5.74) is 8.82. The first kappa shape index (κ1) is 12.8. The van der Waals surface area contributed by atoms with Crippen LogP contribution in [0.1, 0.15) is 16.7 Å². The first-order valence-corrected chi connectivity index (χ1v) is 6.78. The molecule has 94 valence electrons. The second-order valence-electron chi connectivity index (χ2n) is 4.06. The minimum atomic E-state index is 0.0297. The van der Waals surface area contributed by atoms with Crippen LogP contribution >= 0.6 is 11.3 Å². The summed E-state index contributed by atoms with van der Waals surface area (Å²) in [7, 11) is 0. The first-order chi connectivity index (χ1) is 8.79. The van der Waals surface area contributed by atoms with Crippen molar-refractivity contribution in [3.8, 4) is 0 Å². The van der Waals surface area contributed by atoms with Gasteiger partial charge in [0, 0.05) is 13.1 Å². The van der Waals surface area contributed by atoms with E-state index in [-0.39, 0.29) is 5.91 Å².